The van der Waals surface area contributed by atoms with Crippen molar-refractivity contribution in [2.75, 3.05) is 7.05 Å². The molecule has 6 heteroatoms. The van der Waals surface area contributed by atoms with E-state index in [4.69, 9.17) is 0 Å². The minimum atomic E-state index is -0.238. The molecular formula is C18H29IN4O. The van der Waals surface area contributed by atoms with Crippen molar-refractivity contribution in [3.05, 3.63) is 35.4 Å². The van der Waals surface area contributed by atoms with Crippen LogP contribution in [0.25, 0.3) is 0 Å². The second kappa shape index (κ2) is 8.69. The number of nitrogens with one attached hydrogen (secondary N) is 3. The van der Waals surface area contributed by atoms with Crippen LogP contribution in [0.15, 0.2) is 29.3 Å². The van der Waals surface area contributed by atoms with E-state index in [-0.39, 0.29) is 35.4 Å². The van der Waals surface area contributed by atoms with E-state index in [0.29, 0.717) is 18.2 Å². The van der Waals surface area contributed by atoms with Gasteiger partial charge in [0.15, 0.2) is 5.96 Å². The van der Waals surface area contributed by atoms with E-state index in [2.05, 4.69) is 27.9 Å². The predicted octanol–water partition coefficient (Wildman–Crippen LogP) is 2.91. The summed E-state index contributed by atoms with van der Waals surface area (Å²) >= 11 is 0. The molecule has 2 atom stereocenters. The molecule has 1 fully saturated rings. The molecule has 134 valence electrons. The average molecular weight is 444 g/mol. The Bertz CT molecular complexity index is 595. The first kappa shape index (κ1) is 20.7. The first-order valence-electron chi connectivity index (χ1n) is 8.17. The lowest BCUT2D eigenvalue weighted by molar-refractivity contribution is 0.0919. The summed E-state index contributed by atoms with van der Waals surface area (Å²) in [4.78, 5) is 16.5. The van der Waals surface area contributed by atoms with Crippen LogP contribution < -0.4 is 16.0 Å². The second-order valence-electron chi connectivity index (χ2n) is 7.29. The van der Waals surface area contributed by atoms with Gasteiger partial charge in [-0.25, -0.2) is 0 Å². The number of hydrogen-bond acceptors (Lipinski definition) is 2. The Morgan fingerprint density at radius 3 is 2.54 bits per heavy atom. The summed E-state index contributed by atoms with van der Waals surface area (Å²) in [6.45, 7) is 8.79. The Morgan fingerprint density at radius 2 is 2.00 bits per heavy atom. The Balaban J connectivity index is 0.00000288. The average Bonchev–Trinajstić information content (AvgIpc) is 3.17. The third-order valence-electron chi connectivity index (χ3n) is 3.79. The van der Waals surface area contributed by atoms with Crippen LogP contribution in [0.2, 0.25) is 0 Å². The molecule has 2 rings (SSSR count). The van der Waals surface area contributed by atoms with Gasteiger partial charge in [0.25, 0.3) is 5.91 Å². The Kier molecular flexibility index (Phi) is 7.51. The molecule has 1 aromatic rings. The summed E-state index contributed by atoms with van der Waals surface area (Å²) in [6.07, 6.45) is 1.20. The molecule has 1 aliphatic rings. The number of carbonyl (C=O) groups excluding carboxylic acids is 1. The number of nitrogens with zero attached hydrogens (tertiary/aromatic N) is 1. The first-order chi connectivity index (χ1) is 10.8. The lowest BCUT2D eigenvalue weighted by Gasteiger charge is -2.20. The highest BCUT2D eigenvalue weighted by atomic mass is 127. The van der Waals surface area contributed by atoms with Gasteiger partial charge in [0, 0.05) is 30.7 Å². The van der Waals surface area contributed by atoms with Gasteiger partial charge in [-0.3, -0.25) is 9.79 Å². The monoisotopic (exact) mass is 444 g/mol. The first-order valence-corrected chi connectivity index (χ1v) is 8.17. The van der Waals surface area contributed by atoms with E-state index in [1.54, 1.807) is 7.05 Å². The molecule has 0 bridgehead atoms. The maximum atomic E-state index is 12.2. The third-order valence-corrected chi connectivity index (χ3v) is 3.79. The molecule has 1 aromatic carbocycles. The molecule has 0 heterocycles. The fraction of sp³-hybridized carbons (Fsp3) is 0.556. The van der Waals surface area contributed by atoms with Gasteiger partial charge < -0.3 is 16.0 Å². The highest BCUT2D eigenvalue weighted by Crippen LogP contribution is 2.28. The van der Waals surface area contributed by atoms with Crippen molar-refractivity contribution < 1.29 is 4.79 Å². The number of amides is 1. The van der Waals surface area contributed by atoms with E-state index >= 15 is 0 Å². The highest BCUT2D eigenvalue weighted by Gasteiger charge is 2.33. The number of benzene rings is 1. The van der Waals surface area contributed by atoms with Crippen molar-refractivity contribution >= 4 is 35.8 Å². The Hall–Kier alpha value is -1.31. The summed E-state index contributed by atoms with van der Waals surface area (Å²) in [5, 5.41) is 9.67. The molecule has 1 saturated carbocycles. The number of halogens is 1. The molecule has 1 aliphatic carbocycles. The van der Waals surface area contributed by atoms with Gasteiger partial charge in [-0.15, -0.1) is 24.0 Å². The molecule has 5 nitrogen and oxygen atoms in total. The molecule has 0 spiro atoms. The third kappa shape index (κ3) is 6.67. The Morgan fingerprint density at radius 1 is 1.33 bits per heavy atom. The zero-order valence-electron chi connectivity index (χ0n) is 15.1. The van der Waals surface area contributed by atoms with Crippen molar-refractivity contribution in [2.45, 2.75) is 52.2 Å². The topological polar surface area (TPSA) is 65.5 Å². The number of rotatable bonds is 4. The van der Waals surface area contributed by atoms with Crippen LogP contribution in [-0.4, -0.2) is 30.5 Å². The maximum absolute atomic E-state index is 12.2. The summed E-state index contributed by atoms with van der Waals surface area (Å²) in [7, 11) is 1.77. The molecule has 0 radical (unpaired) electrons. The van der Waals surface area contributed by atoms with Crippen LogP contribution in [0.1, 0.15) is 50.0 Å². The van der Waals surface area contributed by atoms with Crippen LogP contribution in [0.3, 0.4) is 0 Å². The van der Waals surface area contributed by atoms with Gasteiger partial charge in [-0.1, -0.05) is 19.1 Å². The van der Waals surface area contributed by atoms with Crippen LogP contribution in [0, 0.1) is 5.92 Å². The van der Waals surface area contributed by atoms with E-state index in [1.807, 2.05) is 45.0 Å². The molecule has 0 aromatic heterocycles. The van der Waals surface area contributed by atoms with Crippen LogP contribution >= 0.6 is 24.0 Å². The van der Waals surface area contributed by atoms with Gasteiger partial charge in [-0.05, 0) is 50.8 Å². The number of guanidine groups is 1. The van der Waals surface area contributed by atoms with E-state index < -0.39 is 0 Å². The summed E-state index contributed by atoms with van der Waals surface area (Å²) in [6, 6.07) is 8.21. The molecule has 24 heavy (non-hydrogen) atoms. The largest absolute Gasteiger partial charge is 0.353 e. The lowest BCUT2D eigenvalue weighted by Crippen LogP contribution is -2.40. The predicted molar refractivity (Wildman–Crippen MR) is 110 cm³/mol. The van der Waals surface area contributed by atoms with Gasteiger partial charge >= 0.3 is 0 Å². The van der Waals surface area contributed by atoms with Crippen molar-refractivity contribution in [1.82, 2.24) is 16.0 Å². The van der Waals surface area contributed by atoms with Crippen molar-refractivity contribution in [3.8, 4) is 0 Å². The zero-order valence-corrected chi connectivity index (χ0v) is 17.5. The molecule has 0 saturated heterocycles. The summed E-state index contributed by atoms with van der Waals surface area (Å²) < 4.78 is 0. The van der Waals surface area contributed by atoms with E-state index in [0.717, 1.165) is 17.4 Å². The minimum absolute atomic E-state index is 0. The van der Waals surface area contributed by atoms with Crippen molar-refractivity contribution in [3.63, 3.8) is 0 Å². The van der Waals surface area contributed by atoms with Gasteiger partial charge in [0.1, 0.15) is 0 Å². The SMILES string of the molecule is CN=C(NCc1cccc(C(=O)NC(C)(C)C)c1)NC1CC1C.I. The fourth-order valence-electron chi connectivity index (χ4n) is 2.31. The summed E-state index contributed by atoms with van der Waals surface area (Å²) in [5.74, 6) is 1.48. The van der Waals surface area contributed by atoms with Crippen LogP contribution in [-0.2, 0) is 6.54 Å². The highest BCUT2D eigenvalue weighted by molar-refractivity contribution is 14.0. The zero-order chi connectivity index (χ0) is 17.0. The summed E-state index contributed by atoms with van der Waals surface area (Å²) in [5.41, 5.74) is 1.49. The smallest absolute Gasteiger partial charge is 0.251 e. The molecular weight excluding hydrogens is 415 g/mol. The molecule has 3 N–H and O–H groups in total. The number of aliphatic imine (C=N–C) groups is 1. The maximum Gasteiger partial charge on any atom is 0.251 e. The molecule has 2 unspecified atom stereocenters. The molecule has 1 amide bonds. The fourth-order valence-corrected chi connectivity index (χ4v) is 2.31. The normalized spacial score (nSPS) is 20.0. The Labute approximate surface area is 162 Å². The minimum Gasteiger partial charge on any atom is -0.353 e. The lowest BCUT2D eigenvalue weighted by atomic mass is 10.1. The van der Waals surface area contributed by atoms with Crippen molar-refractivity contribution in [2.24, 2.45) is 10.9 Å². The van der Waals surface area contributed by atoms with Crippen molar-refractivity contribution in [1.29, 1.82) is 0 Å². The van der Waals surface area contributed by atoms with Crippen LogP contribution in [0.4, 0.5) is 0 Å². The van der Waals surface area contributed by atoms with Crippen LogP contribution in [0.5, 0.6) is 0 Å². The van der Waals surface area contributed by atoms with Gasteiger partial charge in [0.05, 0.1) is 0 Å². The van der Waals surface area contributed by atoms with E-state index in [1.165, 1.54) is 6.42 Å². The molecule has 0 aliphatic heterocycles. The standard InChI is InChI=1S/C18H28N4O.HI/c1-12-9-15(12)21-17(19-5)20-11-13-7-6-8-14(10-13)16(23)22-18(2,3)4;/h6-8,10,12,15H,9,11H2,1-5H3,(H,22,23)(H2,19,20,21);1H. The second-order valence-corrected chi connectivity index (χ2v) is 7.29. The van der Waals surface area contributed by atoms with Gasteiger partial charge in [0.2, 0.25) is 0 Å². The number of carbonyl (C=O) groups is 1. The van der Waals surface area contributed by atoms with Gasteiger partial charge in [-0.2, -0.15) is 0 Å². The quantitative estimate of drug-likeness (QED) is 0.380. The van der Waals surface area contributed by atoms with E-state index in [9.17, 15) is 4.79 Å². The number of hydrogen-bond donors (Lipinski definition) is 3.